The molecule has 21 heavy (non-hydrogen) atoms. The van der Waals surface area contributed by atoms with Gasteiger partial charge in [-0.3, -0.25) is 19.1 Å². The van der Waals surface area contributed by atoms with Crippen molar-refractivity contribution in [2.45, 2.75) is 18.7 Å². The molecule has 0 spiro atoms. The van der Waals surface area contributed by atoms with Gasteiger partial charge < -0.3 is 10.4 Å². The van der Waals surface area contributed by atoms with E-state index in [4.69, 9.17) is 5.11 Å². The Morgan fingerprint density at radius 2 is 2.05 bits per heavy atom. The molecule has 0 bridgehead atoms. The Morgan fingerprint density at radius 3 is 2.57 bits per heavy atom. The van der Waals surface area contributed by atoms with Crippen LogP contribution in [0.1, 0.15) is 12.5 Å². The van der Waals surface area contributed by atoms with Gasteiger partial charge in [0.1, 0.15) is 6.04 Å². The van der Waals surface area contributed by atoms with Gasteiger partial charge in [-0.2, -0.15) is 0 Å². The molecule has 0 saturated carbocycles. The van der Waals surface area contributed by atoms with Crippen molar-refractivity contribution in [3.63, 3.8) is 0 Å². The van der Waals surface area contributed by atoms with E-state index in [0.29, 0.717) is 0 Å². The second-order valence-corrected chi connectivity index (χ2v) is 5.73. The van der Waals surface area contributed by atoms with Crippen LogP contribution in [0.3, 0.4) is 0 Å². The minimum absolute atomic E-state index is 0.152. The van der Waals surface area contributed by atoms with E-state index in [9.17, 15) is 23.9 Å². The lowest BCUT2D eigenvalue weighted by Gasteiger charge is -2.12. The van der Waals surface area contributed by atoms with E-state index in [-0.39, 0.29) is 22.8 Å². The molecule has 0 aromatic heterocycles. The Kier molecular flexibility index (Phi) is 5.97. The Bertz CT molecular complexity index is 589. The second-order valence-electron chi connectivity index (χ2n) is 4.23. The number of aliphatic carboxylic acids is 1. The topological polar surface area (TPSA) is 127 Å². The third-order valence-electron chi connectivity index (χ3n) is 2.53. The molecular weight excluding hydrogens is 300 g/mol. The van der Waals surface area contributed by atoms with Gasteiger partial charge in [-0.05, 0) is 0 Å². The quantitative estimate of drug-likeness (QED) is 0.555. The van der Waals surface area contributed by atoms with Crippen LogP contribution >= 0.6 is 0 Å². The standard InChI is InChI=1S/C12H14N2O6S/c1-8(15)13-10(12(16)17)7-21(20)6-9-4-2-3-5-11(9)14(18)19/h2-5,10H,6-7H2,1H3,(H,13,15)(H,16,17). The van der Waals surface area contributed by atoms with E-state index in [1.54, 1.807) is 6.07 Å². The van der Waals surface area contributed by atoms with E-state index >= 15 is 0 Å². The monoisotopic (exact) mass is 314 g/mol. The zero-order chi connectivity index (χ0) is 16.0. The molecule has 2 N–H and O–H groups in total. The summed E-state index contributed by atoms with van der Waals surface area (Å²) in [6.07, 6.45) is 0. The summed E-state index contributed by atoms with van der Waals surface area (Å²) in [4.78, 5) is 32.1. The molecule has 8 nitrogen and oxygen atoms in total. The number of rotatable bonds is 7. The number of nitro groups is 1. The molecule has 0 heterocycles. The molecule has 1 amide bonds. The van der Waals surface area contributed by atoms with Crippen molar-refractivity contribution in [1.82, 2.24) is 5.32 Å². The third-order valence-corrected chi connectivity index (χ3v) is 3.87. The number of amides is 1. The predicted octanol–water partition coefficient (Wildman–Crippen LogP) is 0.433. The van der Waals surface area contributed by atoms with Crippen molar-refractivity contribution < 1.29 is 23.8 Å². The molecule has 0 aliphatic heterocycles. The smallest absolute Gasteiger partial charge is 0.327 e. The lowest BCUT2D eigenvalue weighted by molar-refractivity contribution is -0.385. The van der Waals surface area contributed by atoms with Crippen molar-refractivity contribution >= 4 is 28.4 Å². The van der Waals surface area contributed by atoms with Crippen LogP contribution in [0.25, 0.3) is 0 Å². The van der Waals surface area contributed by atoms with E-state index < -0.39 is 33.6 Å². The first-order valence-electron chi connectivity index (χ1n) is 5.88. The summed E-state index contributed by atoms with van der Waals surface area (Å²) < 4.78 is 12.0. The van der Waals surface area contributed by atoms with Crippen molar-refractivity contribution in [2.75, 3.05) is 5.75 Å². The minimum atomic E-state index is -1.66. The predicted molar refractivity (Wildman–Crippen MR) is 75.1 cm³/mol. The first kappa shape index (κ1) is 16.8. The van der Waals surface area contributed by atoms with Gasteiger partial charge in [-0.15, -0.1) is 0 Å². The largest absolute Gasteiger partial charge is 0.480 e. The maximum atomic E-state index is 12.0. The average molecular weight is 314 g/mol. The summed E-state index contributed by atoms with van der Waals surface area (Å²) in [5.41, 5.74) is 0.0880. The van der Waals surface area contributed by atoms with Crippen LogP contribution in [0.15, 0.2) is 24.3 Å². The zero-order valence-corrected chi connectivity index (χ0v) is 12.0. The normalized spacial score (nSPS) is 13.2. The van der Waals surface area contributed by atoms with Gasteiger partial charge >= 0.3 is 5.97 Å². The van der Waals surface area contributed by atoms with Crippen LogP contribution in [0.2, 0.25) is 0 Å². The molecule has 114 valence electrons. The Labute approximate surface area is 122 Å². The van der Waals surface area contributed by atoms with E-state index in [0.717, 1.165) is 6.92 Å². The highest BCUT2D eigenvalue weighted by Crippen LogP contribution is 2.19. The number of hydrogen-bond donors (Lipinski definition) is 2. The highest BCUT2D eigenvalue weighted by molar-refractivity contribution is 7.84. The molecule has 1 aromatic carbocycles. The van der Waals surface area contributed by atoms with Gasteiger partial charge in [-0.1, -0.05) is 18.2 Å². The summed E-state index contributed by atoms with van der Waals surface area (Å²) in [7, 11) is -1.66. The number of nitrogens with zero attached hydrogens (tertiary/aromatic N) is 1. The molecule has 0 aliphatic carbocycles. The maximum absolute atomic E-state index is 12.0. The molecule has 9 heteroatoms. The molecule has 0 fully saturated rings. The van der Waals surface area contributed by atoms with Gasteiger partial charge in [0.2, 0.25) is 5.91 Å². The van der Waals surface area contributed by atoms with Gasteiger partial charge in [0, 0.05) is 29.4 Å². The Hall–Kier alpha value is -2.29. The first-order valence-corrected chi connectivity index (χ1v) is 7.37. The number of carboxylic acid groups (broad SMARTS) is 1. The number of nitro benzene ring substituents is 1. The van der Waals surface area contributed by atoms with Crippen molar-refractivity contribution in [2.24, 2.45) is 0 Å². The number of benzene rings is 1. The van der Waals surface area contributed by atoms with Gasteiger partial charge in [0.05, 0.1) is 16.4 Å². The third kappa shape index (κ3) is 5.30. The number of carbonyl (C=O) groups is 2. The van der Waals surface area contributed by atoms with Crippen molar-refractivity contribution in [3.8, 4) is 0 Å². The average Bonchev–Trinajstić information content (AvgIpc) is 2.37. The molecule has 0 saturated heterocycles. The molecule has 2 atom stereocenters. The summed E-state index contributed by atoms with van der Waals surface area (Å²) in [6, 6.07) is 4.52. The molecule has 0 radical (unpaired) electrons. The van der Waals surface area contributed by atoms with Crippen LogP contribution in [0.4, 0.5) is 5.69 Å². The van der Waals surface area contributed by atoms with Crippen LogP contribution in [0.5, 0.6) is 0 Å². The lowest BCUT2D eigenvalue weighted by Crippen LogP contribution is -2.43. The highest BCUT2D eigenvalue weighted by atomic mass is 32.2. The fourth-order valence-electron chi connectivity index (χ4n) is 1.65. The fraction of sp³-hybridized carbons (Fsp3) is 0.333. The van der Waals surface area contributed by atoms with Crippen molar-refractivity contribution in [1.29, 1.82) is 0 Å². The Morgan fingerprint density at radius 1 is 1.43 bits per heavy atom. The minimum Gasteiger partial charge on any atom is -0.480 e. The molecule has 0 aliphatic rings. The highest BCUT2D eigenvalue weighted by Gasteiger charge is 2.23. The van der Waals surface area contributed by atoms with Crippen LogP contribution in [-0.2, 0) is 26.1 Å². The summed E-state index contributed by atoms with van der Waals surface area (Å²) in [6.45, 7) is 1.15. The second kappa shape index (κ2) is 7.48. The van der Waals surface area contributed by atoms with Gasteiger partial charge in [-0.25, -0.2) is 4.79 Å². The molecular formula is C12H14N2O6S. The van der Waals surface area contributed by atoms with Crippen LogP contribution in [0, 0.1) is 10.1 Å². The SMILES string of the molecule is CC(=O)NC(CS(=O)Cc1ccccc1[N+](=O)[O-])C(=O)O. The van der Waals surface area contributed by atoms with Crippen LogP contribution in [-0.4, -0.2) is 37.9 Å². The molecule has 1 rings (SSSR count). The number of nitrogens with one attached hydrogen (secondary N) is 1. The van der Waals surface area contributed by atoms with E-state index in [1.807, 2.05) is 0 Å². The molecule has 2 unspecified atom stereocenters. The summed E-state index contributed by atoms with van der Waals surface area (Å²) in [5, 5.41) is 21.9. The summed E-state index contributed by atoms with van der Waals surface area (Å²) in [5.74, 6) is -2.33. The van der Waals surface area contributed by atoms with Gasteiger partial charge in [0.15, 0.2) is 0 Å². The number of para-hydroxylation sites is 1. The first-order chi connectivity index (χ1) is 9.81. The zero-order valence-electron chi connectivity index (χ0n) is 11.1. The van der Waals surface area contributed by atoms with Crippen LogP contribution < -0.4 is 5.32 Å². The van der Waals surface area contributed by atoms with Gasteiger partial charge in [0.25, 0.3) is 5.69 Å². The van der Waals surface area contributed by atoms with Crippen molar-refractivity contribution in [3.05, 3.63) is 39.9 Å². The van der Waals surface area contributed by atoms with E-state index in [2.05, 4.69) is 5.32 Å². The number of hydrogen-bond acceptors (Lipinski definition) is 5. The fourth-order valence-corrected chi connectivity index (χ4v) is 2.96. The van der Waals surface area contributed by atoms with E-state index in [1.165, 1.54) is 18.2 Å². The number of carbonyl (C=O) groups excluding carboxylic acids is 1. The molecule has 1 aromatic rings. The summed E-state index contributed by atoms with van der Waals surface area (Å²) >= 11 is 0. The Balaban J connectivity index is 2.79. The lowest BCUT2D eigenvalue weighted by atomic mass is 10.2. The maximum Gasteiger partial charge on any atom is 0.327 e. The number of carboxylic acids is 1.